The van der Waals surface area contributed by atoms with E-state index in [2.05, 4.69) is 18.7 Å². The van der Waals surface area contributed by atoms with E-state index < -0.39 is 0 Å². The van der Waals surface area contributed by atoms with Crippen molar-refractivity contribution in [2.45, 2.75) is 46.0 Å². The zero-order valence-corrected chi connectivity index (χ0v) is 11.2. The molecule has 0 aromatic rings. The maximum absolute atomic E-state index is 12.5. The van der Waals surface area contributed by atoms with Gasteiger partial charge in [-0.2, -0.15) is 0 Å². The van der Waals surface area contributed by atoms with Crippen molar-refractivity contribution in [2.24, 2.45) is 23.0 Å². The SMILES string of the molecule is CCC1CCN(C(=O)C2(CN)CC(C)C2)CC1. The van der Waals surface area contributed by atoms with E-state index >= 15 is 0 Å². The van der Waals surface area contributed by atoms with Gasteiger partial charge in [-0.15, -0.1) is 0 Å². The maximum atomic E-state index is 12.5. The van der Waals surface area contributed by atoms with Crippen LogP contribution in [-0.2, 0) is 4.79 Å². The normalized spacial score (nSPS) is 34.5. The Hall–Kier alpha value is -0.570. The molecule has 0 bridgehead atoms. The molecule has 17 heavy (non-hydrogen) atoms. The summed E-state index contributed by atoms with van der Waals surface area (Å²) < 4.78 is 0. The Kier molecular flexibility index (Phi) is 3.76. The van der Waals surface area contributed by atoms with Crippen LogP contribution in [0.15, 0.2) is 0 Å². The largest absolute Gasteiger partial charge is 0.342 e. The molecule has 1 saturated carbocycles. The second-order valence-corrected chi connectivity index (χ2v) is 6.14. The predicted octanol–water partition coefficient (Wildman–Crippen LogP) is 2.01. The third-order valence-electron chi connectivity index (χ3n) is 4.80. The Bertz CT molecular complexity index is 276. The molecule has 1 aliphatic carbocycles. The van der Waals surface area contributed by atoms with Crippen LogP contribution in [0.5, 0.6) is 0 Å². The van der Waals surface area contributed by atoms with Gasteiger partial charge in [0.25, 0.3) is 0 Å². The molecule has 3 nitrogen and oxygen atoms in total. The maximum Gasteiger partial charge on any atom is 0.230 e. The number of carbonyl (C=O) groups is 1. The van der Waals surface area contributed by atoms with Crippen LogP contribution in [0.3, 0.4) is 0 Å². The fourth-order valence-corrected chi connectivity index (χ4v) is 3.58. The number of likely N-dealkylation sites (tertiary alicyclic amines) is 1. The van der Waals surface area contributed by atoms with Crippen LogP contribution in [0.4, 0.5) is 0 Å². The number of nitrogens with zero attached hydrogens (tertiary/aromatic N) is 1. The highest BCUT2D eigenvalue weighted by atomic mass is 16.2. The summed E-state index contributed by atoms with van der Waals surface area (Å²) in [6.07, 6.45) is 5.60. The van der Waals surface area contributed by atoms with Crippen molar-refractivity contribution >= 4 is 5.91 Å². The molecule has 2 aliphatic rings. The molecule has 0 unspecified atom stereocenters. The first kappa shape index (κ1) is 12.9. The van der Waals surface area contributed by atoms with Crippen molar-refractivity contribution in [1.29, 1.82) is 0 Å². The lowest BCUT2D eigenvalue weighted by atomic mass is 9.61. The minimum Gasteiger partial charge on any atom is -0.342 e. The van der Waals surface area contributed by atoms with E-state index in [1.807, 2.05) is 0 Å². The summed E-state index contributed by atoms with van der Waals surface area (Å²) in [6, 6.07) is 0. The van der Waals surface area contributed by atoms with E-state index in [-0.39, 0.29) is 5.41 Å². The van der Waals surface area contributed by atoms with Gasteiger partial charge in [-0.3, -0.25) is 4.79 Å². The molecule has 0 atom stereocenters. The van der Waals surface area contributed by atoms with E-state index in [0.717, 1.165) is 31.8 Å². The Morgan fingerprint density at radius 2 is 1.94 bits per heavy atom. The molecule has 2 fully saturated rings. The number of hydrogen-bond acceptors (Lipinski definition) is 2. The lowest BCUT2D eigenvalue weighted by molar-refractivity contribution is -0.151. The van der Waals surface area contributed by atoms with E-state index in [4.69, 9.17) is 5.73 Å². The lowest BCUT2D eigenvalue weighted by Crippen LogP contribution is -2.56. The monoisotopic (exact) mass is 238 g/mol. The molecule has 2 rings (SSSR count). The Balaban J connectivity index is 1.92. The van der Waals surface area contributed by atoms with Crippen molar-refractivity contribution in [3.8, 4) is 0 Å². The number of piperidine rings is 1. The van der Waals surface area contributed by atoms with Crippen LogP contribution in [0.1, 0.15) is 46.0 Å². The summed E-state index contributed by atoms with van der Waals surface area (Å²) in [5, 5.41) is 0. The quantitative estimate of drug-likeness (QED) is 0.817. The van der Waals surface area contributed by atoms with Gasteiger partial charge in [-0.05, 0) is 37.5 Å². The molecule has 1 saturated heterocycles. The standard InChI is InChI=1S/C14H26N2O/c1-3-12-4-6-16(7-5-12)13(17)14(10-15)8-11(2)9-14/h11-12H,3-10,15H2,1-2H3. The Morgan fingerprint density at radius 3 is 2.35 bits per heavy atom. The molecule has 2 N–H and O–H groups in total. The van der Waals surface area contributed by atoms with E-state index in [1.165, 1.54) is 19.3 Å². The van der Waals surface area contributed by atoms with Gasteiger partial charge in [0.05, 0.1) is 5.41 Å². The molecule has 0 aromatic heterocycles. The van der Waals surface area contributed by atoms with Gasteiger partial charge in [0.1, 0.15) is 0 Å². The van der Waals surface area contributed by atoms with Gasteiger partial charge in [0, 0.05) is 19.6 Å². The van der Waals surface area contributed by atoms with Crippen molar-refractivity contribution in [3.63, 3.8) is 0 Å². The van der Waals surface area contributed by atoms with Crippen LogP contribution in [-0.4, -0.2) is 30.4 Å². The average Bonchev–Trinajstić information content (AvgIpc) is 2.34. The summed E-state index contributed by atoms with van der Waals surface area (Å²) in [5.74, 6) is 1.84. The average molecular weight is 238 g/mol. The third-order valence-corrected chi connectivity index (χ3v) is 4.80. The summed E-state index contributed by atoms with van der Waals surface area (Å²) in [6.45, 7) is 6.90. The van der Waals surface area contributed by atoms with Crippen molar-refractivity contribution in [1.82, 2.24) is 4.90 Å². The third kappa shape index (κ3) is 2.35. The van der Waals surface area contributed by atoms with Crippen molar-refractivity contribution in [3.05, 3.63) is 0 Å². The van der Waals surface area contributed by atoms with Gasteiger partial charge in [0.2, 0.25) is 5.91 Å². The topological polar surface area (TPSA) is 46.3 Å². The zero-order chi connectivity index (χ0) is 12.5. The summed E-state index contributed by atoms with van der Waals surface area (Å²) >= 11 is 0. The van der Waals surface area contributed by atoms with E-state index in [0.29, 0.717) is 18.4 Å². The number of amides is 1. The minimum absolute atomic E-state index is 0.196. The Morgan fingerprint density at radius 1 is 1.35 bits per heavy atom. The second kappa shape index (κ2) is 4.97. The second-order valence-electron chi connectivity index (χ2n) is 6.14. The van der Waals surface area contributed by atoms with Gasteiger partial charge in [0.15, 0.2) is 0 Å². The smallest absolute Gasteiger partial charge is 0.230 e. The van der Waals surface area contributed by atoms with Crippen LogP contribution >= 0.6 is 0 Å². The molecule has 98 valence electrons. The molecule has 1 amide bonds. The molecule has 0 spiro atoms. The fraction of sp³-hybridized carbons (Fsp3) is 0.929. The first-order chi connectivity index (χ1) is 8.11. The molecule has 3 heteroatoms. The summed E-state index contributed by atoms with van der Waals surface area (Å²) in [7, 11) is 0. The van der Waals surface area contributed by atoms with Gasteiger partial charge in [-0.1, -0.05) is 20.3 Å². The molecular formula is C14H26N2O. The summed E-state index contributed by atoms with van der Waals surface area (Å²) in [4.78, 5) is 14.6. The van der Waals surface area contributed by atoms with Crippen LogP contribution < -0.4 is 5.73 Å². The van der Waals surface area contributed by atoms with Crippen LogP contribution in [0.2, 0.25) is 0 Å². The number of hydrogen-bond donors (Lipinski definition) is 1. The van der Waals surface area contributed by atoms with E-state index in [9.17, 15) is 4.79 Å². The molecule has 0 aromatic carbocycles. The van der Waals surface area contributed by atoms with Crippen LogP contribution in [0.25, 0.3) is 0 Å². The van der Waals surface area contributed by atoms with Gasteiger partial charge >= 0.3 is 0 Å². The number of carbonyl (C=O) groups excluding carboxylic acids is 1. The first-order valence-electron chi connectivity index (χ1n) is 7.10. The molecular weight excluding hydrogens is 212 g/mol. The predicted molar refractivity (Wildman–Crippen MR) is 69.5 cm³/mol. The highest BCUT2D eigenvalue weighted by Gasteiger charge is 2.49. The van der Waals surface area contributed by atoms with Crippen LogP contribution in [0, 0.1) is 17.3 Å². The molecule has 1 aliphatic heterocycles. The van der Waals surface area contributed by atoms with Crippen molar-refractivity contribution < 1.29 is 4.79 Å². The summed E-state index contributed by atoms with van der Waals surface area (Å²) in [5.41, 5.74) is 5.65. The number of nitrogens with two attached hydrogens (primary N) is 1. The van der Waals surface area contributed by atoms with Gasteiger partial charge in [-0.25, -0.2) is 0 Å². The molecule has 0 radical (unpaired) electrons. The fourth-order valence-electron chi connectivity index (χ4n) is 3.58. The van der Waals surface area contributed by atoms with E-state index in [1.54, 1.807) is 0 Å². The lowest BCUT2D eigenvalue weighted by Gasteiger charge is -2.48. The molecule has 1 heterocycles. The Labute approximate surface area is 105 Å². The number of rotatable bonds is 3. The first-order valence-corrected chi connectivity index (χ1v) is 7.10. The highest BCUT2D eigenvalue weighted by Crippen LogP contribution is 2.46. The minimum atomic E-state index is -0.196. The van der Waals surface area contributed by atoms with Gasteiger partial charge < -0.3 is 10.6 Å². The highest BCUT2D eigenvalue weighted by molar-refractivity contribution is 5.84. The zero-order valence-electron chi connectivity index (χ0n) is 11.2. The van der Waals surface area contributed by atoms with Crippen molar-refractivity contribution in [2.75, 3.05) is 19.6 Å².